The number of carbonyl (C=O) groups is 3. The van der Waals surface area contributed by atoms with Crippen LogP contribution in [0.5, 0.6) is 0 Å². The summed E-state index contributed by atoms with van der Waals surface area (Å²) in [4.78, 5) is 39.9. The van der Waals surface area contributed by atoms with E-state index in [0.29, 0.717) is 30.9 Å². The highest BCUT2D eigenvalue weighted by Crippen LogP contribution is 2.35. The molecule has 3 aliphatic rings. The predicted molar refractivity (Wildman–Crippen MR) is 82.2 cm³/mol. The Balaban J connectivity index is 1.64. The predicted octanol–water partition coefficient (Wildman–Crippen LogP) is 1.01. The van der Waals surface area contributed by atoms with E-state index in [1.165, 1.54) is 0 Å². The second kappa shape index (κ2) is 6.48. The molecule has 1 aliphatic carbocycles. The lowest BCUT2D eigenvalue weighted by atomic mass is 10.0. The van der Waals surface area contributed by atoms with Crippen LogP contribution in [0.1, 0.15) is 32.1 Å². The highest BCUT2D eigenvalue weighted by molar-refractivity contribution is 7.99. The minimum absolute atomic E-state index is 0.0219. The van der Waals surface area contributed by atoms with Crippen molar-refractivity contribution in [2.24, 2.45) is 11.8 Å². The first kappa shape index (κ1) is 15.6. The maximum absolute atomic E-state index is 12.7. The molecule has 0 aromatic heterocycles. The molecule has 3 rings (SSSR count). The lowest BCUT2D eigenvalue weighted by Crippen LogP contribution is -2.49. The van der Waals surface area contributed by atoms with E-state index in [0.717, 1.165) is 25.9 Å². The standard InChI is InChI=1S/C15H22N2O4S/c18-13(10-3-4-11(7-10)15(20)21)17-9-22-8-12(17)14(19)16-5-1-2-6-16/h10-12H,1-9H2,(H,20,21)/t10-,11+,12?/m0/s1. The number of aliphatic carboxylic acids is 1. The van der Waals surface area contributed by atoms with E-state index in [4.69, 9.17) is 5.11 Å². The largest absolute Gasteiger partial charge is 0.481 e. The van der Waals surface area contributed by atoms with Gasteiger partial charge in [-0.05, 0) is 32.1 Å². The van der Waals surface area contributed by atoms with Crippen LogP contribution in [0.15, 0.2) is 0 Å². The Kier molecular flexibility index (Phi) is 4.61. The van der Waals surface area contributed by atoms with Crippen LogP contribution in [0.25, 0.3) is 0 Å². The molecule has 3 atom stereocenters. The molecule has 2 saturated heterocycles. The smallest absolute Gasteiger partial charge is 0.306 e. The van der Waals surface area contributed by atoms with Crippen molar-refractivity contribution in [2.75, 3.05) is 24.7 Å². The molecule has 22 heavy (non-hydrogen) atoms. The third-order valence-corrected chi connectivity index (χ3v) is 6.01. The number of hydrogen-bond acceptors (Lipinski definition) is 4. The maximum atomic E-state index is 12.7. The molecule has 2 heterocycles. The van der Waals surface area contributed by atoms with E-state index in [2.05, 4.69) is 0 Å². The van der Waals surface area contributed by atoms with Crippen molar-refractivity contribution in [1.29, 1.82) is 0 Å². The number of thioether (sulfide) groups is 1. The van der Waals surface area contributed by atoms with Gasteiger partial charge in [0.1, 0.15) is 6.04 Å². The van der Waals surface area contributed by atoms with Gasteiger partial charge in [-0.2, -0.15) is 0 Å². The van der Waals surface area contributed by atoms with Crippen molar-refractivity contribution in [3.05, 3.63) is 0 Å². The van der Waals surface area contributed by atoms with E-state index in [1.54, 1.807) is 16.7 Å². The summed E-state index contributed by atoms with van der Waals surface area (Å²) in [6.07, 6.45) is 3.70. The SMILES string of the molecule is O=C(O)[C@@H]1CC[C@H](C(=O)N2CSCC2C(=O)N2CCCC2)C1. The summed E-state index contributed by atoms with van der Waals surface area (Å²) in [7, 11) is 0. The molecule has 0 bridgehead atoms. The molecule has 0 spiro atoms. The lowest BCUT2D eigenvalue weighted by Gasteiger charge is -2.28. The van der Waals surface area contributed by atoms with Gasteiger partial charge in [-0.25, -0.2) is 0 Å². The zero-order valence-electron chi connectivity index (χ0n) is 12.6. The third-order valence-electron chi connectivity index (χ3n) is 5.00. The van der Waals surface area contributed by atoms with Crippen molar-refractivity contribution in [2.45, 2.75) is 38.1 Å². The number of carboxylic acids is 1. The van der Waals surface area contributed by atoms with E-state index < -0.39 is 11.9 Å². The highest BCUT2D eigenvalue weighted by atomic mass is 32.2. The molecule has 0 aromatic rings. The molecule has 122 valence electrons. The van der Waals surface area contributed by atoms with Crippen molar-refractivity contribution in [3.8, 4) is 0 Å². The molecule has 0 aromatic carbocycles. The van der Waals surface area contributed by atoms with Crippen LogP contribution in [0.4, 0.5) is 0 Å². The molecule has 1 unspecified atom stereocenters. The van der Waals surface area contributed by atoms with Gasteiger partial charge in [0, 0.05) is 24.8 Å². The van der Waals surface area contributed by atoms with Gasteiger partial charge >= 0.3 is 5.97 Å². The normalized spacial score (nSPS) is 31.7. The first-order valence-electron chi connectivity index (χ1n) is 7.97. The highest BCUT2D eigenvalue weighted by Gasteiger charge is 2.42. The Morgan fingerprint density at radius 3 is 2.32 bits per heavy atom. The van der Waals surface area contributed by atoms with E-state index in [1.807, 2.05) is 4.90 Å². The first-order chi connectivity index (χ1) is 10.6. The Morgan fingerprint density at radius 2 is 1.68 bits per heavy atom. The quantitative estimate of drug-likeness (QED) is 0.837. The Labute approximate surface area is 134 Å². The minimum atomic E-state index is -0.809. The van der Waals surface area contributed by atoms with Crippen LogP contribution < -0.4 is 0 Å². The van der Waals surface area contributed by atoms with Gasteiger partial charge < -0.3 is 14.9 Å². The molecule has 1 saturated carbocycles. The fourth-order valence-corrected chi connectivity index (χ4v) is 4.83. The first-order valence-corrected chi connectivity index (χ1v) is 9.13. The molecule has 2 aliphatic heterocycles. The molecule has 2 amide bonds. The van der Waals surface area contributed by atoms with Crippen LogP contribution in [-0.2, 0) is 14.4 Å². The lowest BCUT2D eigenvalue weighted by molar-refractivity contribution is -0.145. The summed E-state index contributed by atoms with van der Waals surface area (Å²) < 4.78 is 0. The molecule has 7 heteroatoms. The molecular formula is C15H22N2O4S. The minimum Gasteiger partial charge on any atom is -0.481 e. The van der Waals surface area contributed by atoms with Crippen LogP contribution in [-0.4, -0.2) is 63.5 Å². The average molecular weight is 326 g/mol. The topological polar surface area (TPSA) is 77.9 Å². The number of amides is 2. The second-order valence-corrected chi connectivity index (χ2v) is 7.40. The van der Waals surface area contributed by atoms with Gasteiger partial charge in [-0.15, -0.1) is 11.8 Å². The van der Waals surface area contributed by atoms with Crippen LogP contribution in [0, 0.1) is 11.8 Å². The van der Waals surface area contributed by atoms with E-state index >= 15 is 0 Å². The van der Waals surface area contributed by atoms with Crippen LogP contribution >= 0.6 is 11.8 Å². The number of likely N-dealkylation sites (tertiary alicyclic amines) is 1. The van der Waals surface area contributed by atoms with Crippen LogP contribution in [0.2, 0.25) is 0 Å². The van der Waals surface area contributed by atoms with Gasteiger partial charge in [0.05, 0.1) is 11.8 Å². The van der Waals surface area contributed by atoms with Gasteiger partial charge in [-0.3, -0.25) is 14.4 Å². The average Bonchev–Trinajstić information content (AvgIpc) is 3.25. The maximum Gasteiger partial charge on any atom is 0.306 e. The number of rotatable bonds is 3. The zero-order valence-corrected chi connectivity index (χ0v) is 13.4. The number of carbonyl (C=O) groups excluding carboxylic acids is 2. The summed E-state index contributed by atoms with van der Waals surface area (Å²) in [5.74, 6) is -0.177. The summed E-state index contributed by atoms with van der Waals surface area (Å²) in [6, 6.07) is -0.348. The summed E-state index contributed by atoms with van der Waals surface area (Å²) in [5.41, 5.74) is 0. The molecule has 0 radical (unpaired) electrons. The Bertz CT molecular complexity index is 478. The zero-order chi connectivity index (χ0) is 15.7. The molecule has 3 fully saturated rings. The number of nitrogens with zero attached hydrogens (tertiary/aromatic N) is 2. The second-order valence-electron chi connectivity index (χ2n) is 6.40. The van der Waals surface area contributed by atoms with Crippen molar-refractivity contribution < 1.29 is 19.5 Å². The fourth-order valence-electron chi connectivity index (χ4n) is 3.68. The van der Waals surface area contributed by atoms with Crippen molar-refractivity contribution >= 4 is 29.5 Å². The monoisotopic (exact) mass is 326 g/mol. The third kappa shape index (κ3) is 2.95. The van der Waals surface area contributed by atoms with Gasteiger partial charge in [0.15, 0.2) is 0 Å². The van der Waals surface area contributed by atoms with Gasteiger partial charge in [-0.1, -0.05) is 0 Å². The van der Waals surface area contributed by atoms with Gasteiger partial charge in [0.25, 0.3) is 0 Å². The van der Waals surface area contributed by atoms with E-state index in [-0.39, 0.29) is 23.8 Å². The van der Waals surface area contributed by atoms with Crippen LogP contribution in [0.3, 0.4) is 0 Å². The Morgan fingerprint density at radius 1 is 1.00 bits per heavy atom. The van der Waals surface area contributed by atoms with Gasteiger partial charge in [0.2, 0.25) is 11.8 Å². The molecule has 1 N–H and O–H groups in total. The fraction of sp³-hybridized carbons (Fsp3) is 0.800. The van der Waals surface area contributed by atoms with E-state index in [9.17, 15) is 14.4 Å². The summed E-state index contributed by atoms with van der Waals surface area (Å²) in [5, 5.41) is 9.07. The number of hydrogen-bond donors (Lipinski definition) is 1. The summed E-state index contributed by atoms with van der Waals surface area (Å²) in [6.45, 7) is 1.60. The summed E-state index contributed by atoms with van der Waals surface area (Å²) >= 11 is 1.61. The molecule has 6 nitrogen and oxygen atoms in total. The Hall–Kier alpha value is -1.24. The molecular weight excluding hydrogens is 304 g/mol. The van der Waals surface area contributed by atoms with Crippen molar-refractivity contribution in [3.63, 3.8) is 0 Å². The van der Waals surface area contributed by atoms with Crippen molar-refractivity contribution in [1.82, 2.24) is 9.80 Å². The number of carboxylic acid groups (broad SMARTS) is 1.